The molecule has 112 valence electrons. The second kappa shape index (κ2) is 6.63. The first kappa shape index (κ1) is 14.6. The van der Waals surface area contributed by atoms with E-state index in [9.17, 15) is 0 Å². The predicted octanol–water partition coefficient (Wildman–Crippen LogP) is 4.34. The molecule has 0 unspecified atom stereocenters. The molecule has 1 N–H and O–H groups in total. The summed E-state index contributed by atoms with van der Waals surface area (Å²) in [7, 11) is 0. The van der Waals surface area contributed by atoms with Gasteiger partial charge in [-0.05, 0) is 49.8 Å². The fourth-order valence-electron chi connectivity index (χ4n) is 2.66. The second-order valence-corrected chi connectivity index (χ2v) is 6.91. The minimum Gasteiger partial charge on any atom is -0.366 e. The zero-order valence-electron chi connectivity index (χ0n) is 12.9. The lowest BCUT2D eigenvalue weighted by atomic mass is 10.1. The molecule has 0 amide bonds. The molecule has 0 bridgehead atoms. The molecule has 3 rings (SSSR count). The normalized spacial score (nSPS) is 14.4. The van der Waals surface area contributed by atoms with Crippen molar-refractivity contribution in [2.75, 3.05) is 11.4 Å². The number of benzene rings is 1. The van der Waals surface area contributed by atoms with Crippen LogP contribution in [0.2, 0.25) is 0 Å². The molecule has 0 radical (unpaired) electrons. The molecule has 0 spiro atoms. The van der Waals surface area contributed by atoms with Crippen molar-refractivity contribution in [3.8, 4) is 0 Å². The van der Waals surface area contributed by atoms with Gasteiger partial charge in [0, 0.05) is 29.7 Å². The Hall–Kier alpha value is -1.32. The van der Waals surface area contributed by atoms with Crippen molar-refractivity contribution in [2.24, 2.45) is 0 Å². The summed E-state index contributed by atoms with van der Waals surface area (Å²) in [5.41, 5.74) is 4.16. The van der Waals surface area contributed by atoms with Gasteiger partial charge in [0.1, 0.15) is 0 Å². The summed E-state index contributed by atoms with van der Waals surface area (Å²) < 4.78 is 0. The monoisotopic (exact) mass is 300 g/mol. The molecule has 1 fully saturated rings. The number of nitrogens with zero attached hydrogens (tertiary/aromatic N) is 1. The van der Waals surface area contributed by atoms with E-state index in [1.807, 2.05) is 11.3 Å². The smallest absolute Gasteiger partial charge is 0.0522 e. The highest BCUT2D eigenvalue weighted by atomic mass is 32.1. The first-order chi connectivity index (χ1) is 10.3. The van der Waals surface area contributed by atoms with Crippen molar-refractivity contribution in [2.45, 2.75) is 45.8 Å². The molecule has 1 saturated carbocycles. The molecule has 0 atom stereocenters. The molecule has 1 aliphatic rings. The van der Waals surface area contributed by atoms with Gasteiger partial charge < -0.3 is 10.2 Å². The average molecular weight is 300 g/mol. The lowest BCUT2D eigenvalue weighted by Crippen LogP contribution is -2.25. The molecule has 3 heteroatoms. The van der Waals surface area contributed by atoms with E-state index >= 15 is 0 Å². The number of anilines is 1. The molecule has 21 heavy (non-hydrogen) atoms. The zero-order chi connectivity index (χ0) is 14.7. The Kier molecular flexibility index (Phi) is 4.61. The van der Waals surface area contributed by atoms with E-state index in [-0.39, 0.29) is 0 Å². The molecule has 1 aromatic heterocycles. The van der Waals surface area contributed by atoms with Crippen LogP contribution in [0.1, 0.15) is 35.8 Å². The van der Waals surface area contributed by atoms with Crippen LogP contribution in [0.4, 0.5) is 5.69 Å². The fourth-order valence-corrected chi connectivity index (χ4v) is 3.38. The van der Waals surface area contributed by atoms with E-state index < -0.39 is 0 Å². The van der Waals surface area contributed by atoms with E-state index in [0.717, 1.165) is 25.7 Å². The lowest BCUT2D eigenvalue weighted by molar-refractivity contribution is 0.683. The number of thiophene rings is 1. The van der Waals surface area contributed by atoms with Gasteiger partial charge in [0.05, 0.1) is 6.54 Å². The summed E-state index contributed by atoms with van der Waals surface area (Å²) in [6, 6.07) is 12.0. The third kappa shape index (κ3) is 3.86. The maximum atomic E-state index is 3.65. The highest BCUT2D eigenvalue weighted by Gasteiger charge is 2.21. The Morgan fingerprint density at radius 2 is 2.14 bits per heavy atom. The Morgan fingerprint density at radius 3 is 2.81 bits per heavy atom. The zero-order valence-corrected chi connectivity index (χ0v) is 13.7. The standard InChI is InChI=1S/C18H24N2S/c1-3-20(13-17-5-4-10-21-17)18-9-6-14(2)11-15(18)12-19-16-7-8-16/h4-6,9-11,16,19H,3,7-8,12-13H2,1-2H3. The van der Waals surface area contributed by atoms with Gasteiger partial charge in [-0.1, -0.05) is 23.8 Å². The molecule has 0 saturated heterocycles. The number of hydrogen-bond acceptors (Lipinski definition) is 3. The summed E-state index contributed by atoms with van der Waals surface area (Å²) in [5.74, 6) is 0. The summed E-state index contributed by atoms with van der Waals surface area (Å²) >= 11 is 1.84. The van der Waals surface area contributed by atoms with E-state index in [0.29, 0.717) is 0 Å². The van der Waals surface area contributed by atoms with Gasteiger partial charge in [-0.2, -0.15) is 0 Å². The first-order valence-electron chi connectivity index (χ1n) is 7.86. The van der Waals surface area contributed by atoms with Gasteiger partial charge in [-0.3, -0.25) is 0 Å². The average Bonchev–Trinajstić information content (AvgIpc) is 3.18. The topological polar surface area (TPSA) is 15.3 Å². The Labute approximate surface area is 131 Å². The number of hydrogen-bond donors (Lipinski definition) is 1. The van der Waals surface area contributed by atoms with Crippen LogP contribution < -0.4 is 10.2 Å². The van der Waals surface area contributed by atoms with Gasteiger partial charge in [-0.15, -0.1) is 11.3 Å². The molecule has 0 aliphatic heterocycles. The van der Waals surface area contributed by atoms with Crippen LogP contribution in [0.5, 0.6) is 0 Å². The van der Waals surface area contributed by atoms with Crippen molar-refractivity contribution in [1.29, 1.82) is 0 Å². The van der Waals surface area contributed by atoms with Gasteiger partial charge in [-0.25, -0.2) is 0 Å². The quantitative estimate of drug-likeness (QED) is 0.818. The highest BCUT2D eigenvalue weighted by Crippen LogP contribution is 2.26. The van der Waals surface area contributed by atoms with Crippen LogP contribution >= 0.6 is 11.3 Å². The molecule has 2 aromatic rings. The molecular formula is C18H24N2S. The van der Waals surface area contributed by atoms with Crippen molar-refractivity contribution < 1.29 is 0 Å². The summed E-state index contributed by atoms with van der Waals surface area (Å²) in [5, 5.41) is 5.81. The van der Waals surface area contributed by atoms with E-state index in [1.54, 1.807) is 0 Å². The van der Waals surface area contributed by atoms with Crippen LogP contribution in [-0.4, -0.2) is 12.6 Å². The molecule has 1 aliphatic carbocycles. The van der Waals surface area contributed by atoms with Gasteiger partial charge >= 0.3 is 0 Å². The van der Waals surface area contributed by atoms with Gasteiger partial charge in [0.15, 0.2) is 0 Å². The third-order valence-corrected chi connectivity index (χ3v) is 4.90. The summed E-state index contributed by atoms with van der Waals surface area (Å²) in [4.78, 5) is 3.91. The molecular weight excluding hydrogens is 276 g/mol. The van der Waals surface area contributed by atoms with E-state index in [1.165, 1.54) is 34.5 Å². The van der Waals surface area contributed by atoms with E-state index in [4.69, 9.17) is 0 Å². The van der Waals surface area contributed by atoms with Crippen molar-refractivity contribution >= 4 is 17.0 Å². The van der Waals surface area contributed by atoms with Crippen LogP contribution in [0.15, 0.2) is 35.7 Å². The molecule has 2 nitrogen and oxygen atoms in total. The van der Waals surface area contributed by atoms with Gasteiger partial charge in [0.25, 0.3) is 0 Å². The Balaban J connectivity index is 1.79. The predicted molar refractivity (Wildman–Crippen MR) is 92.1 cm³/mol. The number of aryl methyl sites for hydroxylation is 1. The second-order valence-electron chi connectivity index (χ2n) is 5.88. The largest absolute Gasteiger partial charge is 0.366 e. The fraction of sp³-hybridized carbons (Fsp3) is 0.444. The third-order valence-electron chi connectivity index (χ3n) is 4.04. The van der Waals surface area contributed by atoms with Crippen molar-refractivity contribution in [3.63, 3.8) is 0 Å². The summed E-state index contributed by atoms with van der Waals surface area (Å²) in [6.07, 6.45) is 2.68. The lowest BCUT2D eigenvalue weighted by Gasteiger charge is -2.26. The van der Waals surface area contributed by atoms with Crippen molar-refractivity contribution in [1.82, 2.24) is 5.32 Å². The number of rotatable bonds is 7. The van der Waals surface area contributed by atoms with Crippen LogP contribution in [0.3, 0.4) is 0 Å². The van der Waals surface area contributed by atoms with Gasteiger partial charge in [0.2, 0.25) is 0 Å². The maximum absolute atomic E-state index is 3.65. The molecule has 1 aromatic carbocycles. The Bertz CT molecular complexity index is 573. The van der Waals surface area contributed by atoms with E-state index in [2.05, 4.69) is 59.8 Å². The van der Waals surface area contributed by atoms with Crippen LogP contribution in [-0.2, 0) is 13.1 Å². The maximum Gasteiger partial charge on any atom is 0.0522 e. The number of nitrogens with one attached hydrogen (secondary N) is 1. The molecule has 1 heterocycles. The first-order valence-corrected chi connectivity index (χ1v) is 8.74. The summed E-state index contributed by atoms with van der Waals surface area (Å²) in [6.45, 7) is 7.46. The van der Waals surface area contributed by atoms with Crippen LogP contribution in [0.25, 0.3) is 0 Å². The Morgan fingerprint density at radius 1 is 1.29 bits per heavy atom. The van der Waals surface area contributed by atoms with Crippen molar-refractivity contribution in [3.05, 3.63) is 51.7 Å². The van der Waals surface area contributed by atoms with Crippen LogP contribution in [0, 0.1) is 6.92 Å². The minimum absolute atomic E-state index is 0.755. The highest BCUT2D eigenvalue weighted by molar-refractivity contribution is 7.09. The SMILES string of the molecule is CCN(Cc1cccs1)c1ccc(C)cc1CNC1CC1. The minimum atomic E-state index is 0.755.